The molecule has 0 spiro atoms. The summed E-state index contributed by atoms with van der Waals surface area (Å²) in [6, 6.07) is 0.573. The molecule has 2 heterocycles. The Labute approximate surface area is 99.0 Å². The SMILES string of the molecule is BrCC1CCCCCN1c1cnccn1. The monoisotopic (exact) mass is 269 g/mol. The van der Waals surface area contributed by atoms with Crippen LogP contribution in [-0.4, -0.2) is 27.9 Å². The van der Waals surface area contributed by atoms with Crippen molar-refractivity contribution in [1.29, 1.82) is 0 Å². The summed E-state index contributed by atoms with van der Waals surface area (Å²) in [5, 5.41) is 1.02. The van der Waals surface area contributed by atoms with Crippen LogP contribution in [0.2, 0.25) is 0 Å². The third-order valence-electron chi connectivity index (χ3n) is 2.90. The normalized spacial score (nSPS) is 22.5. The Bertz CT molecular complexity index is 291. The highest BCUT2D eigenvalue weighted by Gasteiger charge is 2.20. The van der Waals surface area contributed by atoms with Crippen molar-refractivity contribution in [2.75, 3.05) is 16.8 Å². The van der Waals surface area contributed by atoms with Crippen molar-refractivity contribution in [3.8, 4) is 0 Å². The number of halogens is 1. The summed E-state index contributed by atoms with van der Waals surface area (Å²) in [4.78, 5) is 10.9. The molecule has 0 radical (unpaired) electrons. The topological polar surface area (TPSA) is 29.0 Å². The van der Waals surface area contributed by atoms with Crippen LogP contribution in [0.4, 0.5) is 5.82 Å². The van der Waals surface area contributed by atoms with Crippen molar-refractivity contribution < 1.29 is 0 Å². The van der Waals surface area contributed by atoms with Gasteiger partial charge in [0.05, 0.1) is 6.20 Å². The minimum absolute atomic E-state index is 0.573. The van der Waals surface area contributed by atoms with Gasteiger partial charge in [-0.1, -0.05) is 28.8 Å². The molecule has 1 aromatic heterocycles. The van der Waals surface area contributed by atoms with Crippen molar-refractivity contribution in [1.82, 2.24) is 9.97 Å². The molecule has 1 aromatic rings. The third kappa shape index (κ3) is 2.68. The van der Waals surface area contributed by atoms with E-state index >= 15 is 0 Å². The van der Waals surface area contributed by atoms with E-state index < -0.39 is 0 Å². The van der Waals surface area contributed by atoms with Crippen molar-refractivity contribution in [2.45, 2.75) is 31.7 Å². The molecule has 1 fully saturated rings. The Morgan fingerprint density at radius 2 is 2.27 bits per heavy atom. The van der Waals surface area contributed by atoms with E-state index in [9.17, 15) is 0 Å². The third-order valence-corrected chi connectivity index (χ3v) is 3.65. The quantitative estimate of drug-likeness (QED) is 0.773. The highest BCUT2D eigenvalue weighted by molar-refractivity contribution is 9.09. The molecular formula is C11H16BrN3. The van der Waals surface area contributed by atoms with Crippen LogP contribution in [-0.2, 0) is 0 Å². The summed E-state index contributed by atoms with van der Waals surface area (Å²) in [6.07, 6.45) is 10.5. The van der Waals surface area contributed by atoms with Gasteiger partial charge in [-0.05, 0) is 12.8 Å². The molecule has 0 saturated carbocycles. The van der Waals surface area contributed by atoms with Crippen molar-refractivity contribution in [2.24, 2.45) is 0 Å². The minimum atomic E-state index is 0.573. The Morgan fingerprint density at radius 3 is 3.00 bits per heavy atom. The van der Waals surface area contributed by atoms with Gasteiger partial charge in [0.2, 0.25) is 0 Å². The number of hydrogen-bond donors (Lipinski definition) is 0. The van der Waals surface area contributed by atoms with E-state index in [0.29, 0.717) is 6.04 Å². The number of hydrogen-bond acceptors (Lipinski definition) is 3. The van der Waals surface area contributed by atoms with Gasteiger partial charge in [-0.2, -0.15) is 0 Å². The number of alkyl halides is 1. The maximum absolute atomic E-state index is 4.38. The molecule has 4 heteroatoms. The fraction of sp³-hybridized carbons (Fsp3) is 0.636. The first-order chi connectivity index (χ1) is 7.42. The van der Waals surface area contributed by atoms with E-state index in [1.807, 2.05) is 6.20 Å². The molecule has 15 heavy (non-hydrogen) atoms. The highest BCUT2D eigenvalue weighted by Crippen LogP contribution is 2.22. The maximum Gasteiger partial charge on any atom is 0.147 e. The summed E-state index contributed by atoms with van der Waals surface area (Å²) in [6.45, 7) is 1.11. The fourth-order valence-corrected chi connectivity index (χ4v) is 2.75. The van der Waals surface area contributed by atoms with Gasteiger partial charge >= 0.3 is 0 Å². The van der Waals surface area contributed by atoms with Crippen LogP contribution in [0.15, 0.2) is 18.6 Å². The summed E-state index contributed by atoms with van der Waals surface area (Å²) < 4.78 is 0. The van der Waals surface area contributed by atoms with Crippen LogP contribution in [0.25, 0.3) is 0 Å². The molecule has 0 aromatic carbocycles. The largest absolute Gasteiger partial charge is 0.352 e. The standard InChI is InChI=1S/C11H16BrN3/c12-8-10-4-2-1-3-7-15(10)11-9-13-5-6-14-11/h5-6,9-10H,1-4,7-8H2. The van der Waals surface area contributed by atoms with E-state index in [0.717, 1.165) is 17.7 Å². The molecule has 82 valence electrons. The minimum Gasteiger partial charge on any atom is -0.352 e. The van der Waals surface area contributed by atoms with E-state index in [1.165, 1.54) is 25.7 Å². The zero-order chi connectivity index (χ0) is 10.5. The lowest BCUT2D eigenvalue weighted by Gasteiger charge is -2.29. The number of aromatic nitrogens is 2. The van der Waals surface area contributed by atoms with Gasteiger partial charge in [-0.15, -0.1) is 0 Å². The zero-order valence-corrected chi connectivity index (χ0v) is 10.4. The Morgan fingerprint density at radius 1 is 1.33 bits per heavy atom. The molecule has 0 aliphatic carbocycles. The molecule has 2 rings (SSSR count). The first-order valence-corrected chi connectivity index (χ1v) is 6.62. The molecule has 0 bridgehead atoms. The van der Waals surface area contributed by atoms with Gasteiger partial charge in [0.15, 0.2) is 0 Å². The first kappa shape index (κ1) is 10.9. The molecule has 3 nitrogen and oxygen atoms in total. The fourth-order valence-electron chi connectivity index (χ4n) is 2.08. The maximum atomic E-state index is 4.38. The van der Waals surface area contributed by atoms with E-state index in [-0.39, 0.29) is 0 Å². The van der Waals surface area contributed by atoms with Crippen LogP contribution in [0.3, 0.4) is 0 Å². The molecular weight excluding hydrogens is 254 g/mol. The Balaban J connectivity index is 2.16. The summed E-state index contributed by atoms with van der Waals surface area (Å²) in [7, 11) is 0. The van der Waals surface area contributed by atoms with Crippen LogP contribution >= 0.6 is 15.9 Å². The highest BCUT2D eigenvalue weighted by atomic mass is 79.9. The molecule has 0 amide bonds. The number of nitrogens with zero attached hydrogens (tertiary/aromatic N) is 3. The van der Waals surface area contributed by atoms with Crippen LogP contribution in [0.5, 0.6) is 0 Å². The predicted octanol–water partition coefficient (Wildman–Crippen LogP) is 2.62. The van der Waals surface area contributed by atoms with Crippen LogP contribution in [0, 0.1) is 0 Å². The average Bonchev–Trinajstić information content (AvgIpc) is 2.55. The molecule has 1 aliphatic heterocycles. The van der Waals surface area contributed by atoms with Gasteiger partial charge in [-0.3, -0.25) is 4.98 Å². The van der Waals surface area contributed by atoms with E-state index in [1.54, 1.807) is 12.4 Å². The lowest BCUT2D eigenvalue weighted by Crippen LogP contribution is -2.36. The van der Waals surface area contributed by atoms with E-state index in [2.05, 4.69) is 30.8 Å². The summed E-state index contributed by atoms with van der Waals surface area (Å²) in [5.41, 5.74) is 0. The first-order valence-electron chi connectivity index (χ1n) is 5.50. The summed E-state index contributed by atoms with van der Waals surface area (Å²) >= 11 is 3.59. The Hall–Kier alpha value is -0.640. The smallest absolute Gasteiger partial charge is 0.147 e. The van der Waals surface area contributed by atoms with Gasteiger partial charge in [-0.25, -0.2) is 4.98 Å². The van der Waals surface area contributed by atoms with Gasteiger partial charge in [0, 0.05) is 30.3 Å². The van der Waals surface area contributed by atoms with Crippen LogP contribution < -0.4 is 4.90 Å². The molecule has 0 N–H and O–H groups in total. The molecule has 1 saturated heterocycles. The number of rotatable bonds is 2. The lowest BCUT2D eigenvalue weighted by molar-refractivity contribution is 0.620. The van der Waals surface area contributed by atoms with Gasteiger partial charge in [0.25, 0.3) is 0 Å². The van der Waals surface area contributed by atoms with Crippen molar-refractivity contribution in [3.05, 3.63) is 18.6 Å². The lowest BCUT2D eigenvalue weighted by atomic mass is 10.1. The molecule has 1 unspecified atom stereocenters. The number of anilines is 1. The molecule has 1 aliphatic rings. The van der Waals surface area contributed by atoms with E-state index in [4.69, 9.17) is 0 Å². The second-order valence-electron chi connectivity index (χ2n) is 3.91. The average molecular weight is 270 g/mol. The second-order valence-corrected chi connectivity index (χ2v) is 4.56. The van der Waals surface area contributed by atoms with Crippen molar-refractivity contribution >= 4 is 21.7 Å². The Kier molecular flexibility index (Phi) is 3.94. The zero-order valence-electron chi connectivity index (χ0n) is 8.77. The second kappa shape index (κ2) is 5.45. The van der Waals surface area contributed by atoms with Crippen molar-refractivity contribution in [3.63, 3.8) is 0 Å². The predicted molar refractivity (Wildman–Crippen MR) is 65.4 cm³/mol. The summed E-state index contributed by atoms with van der Waals surface area (Å²) in [5.74, 6) is 1.02. The van der Waals surface area contributed by atoms with Gasteiger partial charge in [0.1, 0.15) is 5.82 Å². The van der Waals surface area contributed by atoms with Gasteiger partial charge < -0.3 is 4.90 Å². The van der Waals surface area contributed by atoms with Crippen LogP contribution in [0.1, 0.15) is 25.7 Å². The molecule has 1 atom stereocenters.